The number of halogens is 4. The summed E-state index contributed by atoms with van der Waals surface area (Å²) in [5, 5.41) is 0. The van der Waals surface area contributed by atoms with Crippen molar-refractivity contribution in [3.05, 3.63) is 83.1 Å². The molecule has 2 aromatic carbocycles. The summed E-state index contributed by atoms with van der Waals surface area (Å²) in [7, 11) is 0. The fourth-order valence-corrected chi connectivity index (χ4v) is 3.50. The van der Waals surface area contributed by atoms with Crippen LogP contribution in [0.25, 0.3) is 11.1 Å². The zero-order valence-electron chi connectivity index (χ0n) is 17.2. The monoisotopic (exact) mass is 418 g/mol. The van der Waals surface area contributed by atoms with Gasteiger partial charge in [-0.3, -0.25) is 0 Å². The third-order valence-corrected chi connectivity index (χ3v) is 5.24. The molecule has 0 saturated carbocycles. The fourth-order valence-electron chi connectivity index (χ4n) is 3.50. The van der Waals surface area contributed by atoms with Crippen LogP contribution in [0.5, 0.6) is 0 Å². The molecule has 2 aromatic rings. The molecule has 5 heteroatoms. The van der Waals surface area contributed by atoms with Crippen LogP contribution in [0.4, 0.5) is 17.6 Å². The molecule has 1 nitrogen and oxygen atoms in total. The van der Waals surface area contributed by atoms with Crippen molar-refractivity contribution in [1.82, 2.24) is 0 Å². The zero-order valence-corrected chi connectivity index (χ0v) is 17.2. The van der Waals surface area contributed by atoms with Crippen LogP contribution in [0, 0.1) is 0 Å². The fraction of sp³-hybridized carbons (Fsp3) is 0.360. The van der Waals surface area contributed by atoms with Crippen LogP contribution in [0.15, 0.2) is 72.0 Å². The molecule has 0 aromatic heterocycles. The number of benzene rings is 2. The second-order valence-electron chi connectivity index (χ2n) is 7.55. The van der Waals surface area contributed by atoms with Crippen molar-refractivity contribution in [2.45, 2.75) is 58.0 Å². The molecule has 1 aliphatic carbocycles. The van der Waals surface area contributed by atoms with Gasteiger partial charge in [0.15, 0.2) is 5.76 Å². The number of hydrogen-bond acceptors (Lipinski definition) is 1. The van der Waals surface area contributed by atoms with Gasteiger partial charge in [-0.25, -0.2) is 0 Å². The van der Waals surface area contributed by atoms with E-state index in [1.807, 2.05) is 24.3 Å². The Morgan fingerprint density at radius 3 is 1.73 bits per heavy atom. The van der Waals surface area contributed by atoms with Crippen LogP contribution in [0.3, 0.4) is 0 Å². The first kappa shape index (κ1) is 22.1. The van der Waals surface area contributed by atoms with Crippen molar-refractivity contribution in [1.29, 1.82) is 0 Å². The van der Waals surface area contributed by atoms with Gasteiger partial charge in [-0.1, -0.05) is 81.3 Å². The van der Waals surface area contributed by atoms with Gasteiger partial charge in [-0.05, 0) is 41.2 Å². The standard InChI is InChI=1S/C25H26F4O/c1-3-5-18-7-11-20(12-8-18)21-13-9-19(10-14-21)17-30-23-16-15-22(6-4-2)24(26,27)25(23,28)29/h7-16H,3-6,17H2,1-2H3. The van der Waals surface area contributed by atoms with Crippen LogP contribution >= 0.6 is 0 Å². The van der Waals surface area contributed by atoms with E-state index in [-0.39, 0.29) is 13.0 Å². The highest BCUT2D eigenvalue weighted by atomic mass is 19.3. The van der Waals surface area contributed by atoms with Crippen molar-refractivity contribution in [2.75, 3.05) is 0 Å². The summed E-state index contributed by atoms with van der Waals surface area (Å²) < 4.78 is 62.1. The Hall–Kier alpha value is -2.56. The smallest absolute Gasteiger partial charge is 0.369 e. The van der Waals surface area contributed by atoms with E-state index in [4.69, 9.17) is 4.74 Å². The first-order chi connectivity index (χ1) is 14.3. The van der Waals surface area contributed by atoms with E-state index < -0.39 is 23.2 Å². The van der Waals surface area contributed by atoms with Gasteiger partial charge >= 0.3 is 11.8 Å². The molecule has 1 aliphatic rings. The van der Waals surface area contributed by atoms with Crippen molar-refractivity contribution in [3.63, 3.8) is 0 Å². The third-order valence-electron chi connectivity index (χ3n) is 5.24. The lowest BCUT2D eigenvalue weighted by Crippen LogP contribution is -2.45. The Labute approximate surface area is 175 Å². The zero-order chi connectivity index (χ0) is 21.8. The van der Waals surface area contributed by atoms with E-state index in [0.717, 1.165) is 36.1 Å². The topological polar surface area (TPSA) is 9.23 Å². The molecule has 0 N–H and O–H groups in total. The molecule has 0 atom stereocenters. The van der Waals surface area contributed by atoms with E-state index in [2.05, 4.69) is 19.1 Å². The quantitative estimate of drug-likeness (QED) is 0.399. The minimum absolute atomic E-state index is 0.0761. The molecule has 30 heavy (non-hydrogen) atoms. The van der Waals surface area contributed by atoms with E-state index in [9.17, 15) is 17.6 Å². The highest BCUT2D eigenvalue weighted by Gasteiger charge is 2.63. The van der Waals surface area contributed by atoms with Gasteiger partial charge in [0.1, 0.15) is 6.61 Å². The van der Waals surface area contributed by atoms with Crippen LogP contribution in [-0.4, -0.2) is 11.8 Å². The Bertz CT molecular complexity index is 909. The summed E-state index contributed by atoms with van der Waals surface area (Å²) in [6.45, 7) is 3.60. The second kappa shape index (κ2) is 9.07. The van der Waals surface area contributed by atoms with Gasteiger partial charge in [0.05, 0.1) is 0 Å². The Morgan fingerprint density at radius 1 is 0.667 bits per heavy atom. The number of aryl methyl sites for hydroxylation is 1. The van der Waals surface area contributed by atoms with Crippen LogP contribution in [0.1, 0.15) is 44.2 Å². The summed E-state index contributed by atoms with van der Waals surface area (Å²) in [6, 6.07) is 15.5. The van der Waals surface area contributed by atoms with Gasteiger partial charge < -0.3 is 4.74 Å². The van der Waals surface area contributed by atoms with Crippen molar-refractivity contribution in [3.8, 4) is 11.1 Å². The number of rotatable bonds is 8. The maximum atomic E-state index is 14.3. The third kappa shape index (κ3) is 4.45. The predicted octanol–water partition coefficient (Wildman–Crippen LogP) is 7.72. The molecule has 0 unspecified atom stereocenters. The molecule has 0 spiro atoms. The van der Waals surface area contributed by atoms with Crippen molar-refractivity contribution < 1.29 is 22.3 Å². The van der Waals surface area contributed by atoms with E-state index in [1.165, 1.54) is 5.56 Å². The lowest BCUT2D eigenvalue weighted by Gasteiger charge is -2.32. The minimum atomic E-state index is -4.35. The lowest BCUT2D eigenvalue weighted by molar-refractivity contribution is -0.187. The molecule has 0 radical (unpaired) electrons. The average molecular weight is 418 g/mol. The maximum absolute atomic E-state index is 14.3. The summed E-state index contributed by atoms with van der Waals surface area (Å²) in [4.78, 5) is 0. The van der Waals surface area contributed by atoms with Crippen LogP contribution < -0.4 is 0 Å². The number of alkyl halides is 4. The van der Waals surface area contributed by atoms with Crippen molar-refractivity contribution >= 4 is 0 Å². The molecule has 0 fully saturated rings. The van der Waals surface area contributed by atoms with Crippen LogP contribution in [0.2, 0.25) is 0 Å². The molecule has 0 bridgehead atoms. The molecule has 0 aliphatic heterocycles. The number of ether oxygens (including phenoxy) is 1. The lowest BCUT2D eigenvalue weighted by atomic mass is 9.92. The molecule has 0 saturated heterocycles. The average Bonchev–Trinajstić information content (AvgIpc) is 2.73. The molecular formula is C25H26F4O. The Kier molecular flexibility index (Phi) is 6.69. The Balaban J connectivity index is 1.69. The summed E-state index contributed by atoms with van der Waals surface area (Å²) in [6.07, 6.45) is 4.44. The first-order valence-corrected chi connectivity index (χ1v) is 10.3. The Morgan fingerprint density at radius 2 is 1.20 bits per heavy atom. The highest BCUT2D eigenvalue weighted by molar-refractivity contribution is 5.64. The van der Waals surface area contributed by atoms with Gasteiger partial charge in [0.25, 0.3) is 0 Å². The van der Waals surface area contributed by atoms with E-state index in [0.29, 0.717) is 12.0 Å². The maximum Gasteiger partial charge on any atom is 0.369 e. The normalized spacial score (nSPS) is 17.3. The molecular weight excluding hydrogens is 392 g/mol. The number of allylic oxidation sites excluding steroid dienone is 4. The molecule has 3 rings (SSSR count). The first-order valence-electron chi connectivity index (χ1n) is 10.3. The van der Waals surface area contributed by atoms with Crippen LogP contribution in [-0.2, 0) is 17.8 Å². The van der Waals surface area contributed by atoms with E-state index >= 15 is 0 Å². The molecule has 0 heterocycles. The highest BCUT2D eigenvalue weighted by Crippen LogP contribution is 2.48. The minimum Gasteiger partial charge on any atom is -0.487 e. The summed E-state index contributed by atoms with van der Waals surface area (Å²) in [5.41, 5.74) is 3.39. The number of hydrogen-bond donors (Lipinski definition) is 0. The molecule has 0 amide bonds. The largest absolute Gasteiger partial charge is 0.487 e. The molecule has 160 valence electrons. The van der Waals surface area contributed by atoms with Gasteiger partial charge in [-0.2, -0.15) is 17.6 Å². The van der Waals surface area contributed by atoms with Gasteiger partial charge in [0.2, 0.25) is 0 Å². The van der Waals surface area contributed by atoms with Gasteiger partial charge in [0, 0.05) is 5.57 Å². The summed E-state index contributed by atoms with van der Waals surface area (Å²) in [5.74, 6) is -9.59. The van der Waals surface area contributed by atoms with E-state index in [1.54, 1.807) is 19.1 Å². The van der Waals surface area contributed by atoms with Gasteiger partial charge in [-0.15, -0.1) is 0 Å². The second-order valence-corrected chi connectivity index (χ2v) is 7.55. The predicted molar refractivity (Wildman–Crippen MR) is 112 cm³/mol. The SMILES string of the molecule is CCCC1=CC=C(OCc2ccc(-c3ccc(CCC)cc3)cc2)C(F)(F)C1(F)F. The summed E-state index contributed by atoms with van der Waals surface area (Å²) >= 11 is 0. The van der Waals surface area contributed by atoms with Crippen molar-refractivity contribution in [2.24, 2.45) is 0 Å².